The molecule has 1 aromatic rings. The van der Waals surface area contributed by atoms with E-state index in [0.717, 1.165) is 30.6 Å². The van der Waals surface area contributed by atoms with Crippen molar-refractivity contribution >= 4 is 5.69 Å². The van der Waals surface area contributed by atoms with Gasteiger partial charge in [0.1, 0.15) is 0 Å². The SMILES string of the molecule is Nc1ccnc(C2CCC(N)C2)c1. The molecule has 1 aliphatic rings. The van der Waals surface area contributed by atoms with E-state index < -0.39 is 0 Å². The number of aromatic nitrogens is 1. The summed E-state index contributed by atoms with van der Waals surface area (Å²) >= 11 is 0. The number of anilines is 1. The molecular formula is C10H15N3. The van der Waals surface area contributed by atoms with Crippen molar-refractivity contribution in [1.29, 1.82) is 0 Å². The number of hydrogen-bond acceptors (Lipinski definition) is 3. The molecule has 0 aromatic carbocycles. The topological polar surface area (TPSA) is 64.9 Å². The molecule has 70 valence electrons. The molecule has 1 aromatic heterocycles. The van der Waals surface area contributed by atoms with E-state index in [9.17, 15) is 0 Å². The molecule has 1 aliphatic carbocycles. The van der Waals surface area contributed by atoms with Crippen molar-refractivity contribution in [3.8, 4) is 0 Å². The van der Waals surface area contributed by atoms with Crippen LogP contribution in [0, 0.1) is 0 Å². The largest absolute Gasteiger partial charge is 0.399 e. The van der Waals surface area contributed by atoms with Gasteiger partial charge in [-0.15, -0.1) is 0 Å². The normalized spacial score (nSPS) is 27.8. The summed E-state index contributed by atoms with van der Waals surface area (Å²) in [6, 6.07) is 4.13. The first kappa shape index (κ1) is 8.51. The Balaban J connectivity index is 2.16. The van der Waals surface area contributed by atoms with E-state index in [1.165, 1.54) is 0 Å². The number of nitrogen functional groups attached to an aromatic ring is 1. The van der Waals surface area contributed by atoms with Gasteiger partial charge in [-0.1, -0.05) is 0 Å². The van der Waals surface area contributed by atoms with E-state index in [2.05, 4.69) is 4.98 Å². The van der Waals surface area contributed by atoms with Crippen LogP contribution in [0.4, 0.5) is 5.69 Å². The molecule has 0 amide bonds. The second kappa shape index (κ2) is 3.34. The van der Waals surface area contributed by atoms with Gasteiger partial charge in [-0.25, -0.2) is 0 Å². The van der Waals surface area contributed by atoms with E-state index in [4.69, 9.17) is 11.5 Å². The molecule has 0 spiro atoms. The van der Waals surface area contributed by atoms with Crippen molar-refractivity contribution in [1.82, 2.24) is 4.98 Å². The smallest absolute Gasteiger partial charge is 0.0455 e. The summed E-state index contributed by atoms with van der Waals surface area (Å²) in [7, 11) is 0. The molecule has 0 bridgehead atoms. The van der Waals surface area contributed by atoms with Crippen molar-refractivity contribution in [2.24, 2.45) is 5.73 Å². The van der Waals surface area contributed by atoms with E-state index in [-0.39, 0.29) is 0 Å². The summed E-state index contributed by atoms with van der Waals surface area (Å²) in [5.74, 6) is 0.526. The highest BCUT2D eigenvalue weighted by Gasteiger charge is 2.23. The lowest BCUT2D eigenvalue weighted by Gasteiger charge is -2.08. The van der Waals surface area contributed by atoms with Crippen LogP contribution in [-0.2, 0) is 0 Å². The molecule has 2 rings (SSSR count). The Morgan fingerprint density at radius 1 is 1.38 bits per heavy atom. The number of pyridine rings is 1. The zero-order valence-electron chi connectivity index (χ0n) is 7.61. The molecule has 3 nitrogen and oxygen atoms in total. The Labute approximate surface area is 78.1 Å². The highest BCUT2D eigenvalue weighted by Crippen LogP contribution is 2.32. The maximum absolute atomic E-state index is 5.84. The van der Waals surface area contributed by atoms with Gasteiger partial charge in [-0.2, -0.15) is 0 Å². The molecule has 4 N–H and O–H groups in total. The molecule has 1 heterocycles. The molecule has 3 heteroatoms. The maximum Gasteiger partial charge on any atom is 0.0455 e. The van der Waals surface area contributed by atoms with E-state index in [1.807, 2.05) is 12.1 Å². The van der Waals surface area contributed by atoms with Crippen LogP contribution in [0.5, 0.6) is 0 Å². The van der Waals surface area contributed by atoms with Crippen LogP contribution in [0.2, 0.25) is 0 Å². The van der Waals surface area contributed by atoms with E-state index in [0.29, 0.717) is 12.0 Å². The van der Waals surface area contributed by atoms with Gasteiger partial charge in [0.25, 0.3) is 0 Å². The molecule has 0 radical (unpaired) electrons. The van der Waals surface area contributed by atoms with Crippen LogP contribution in [-0.4, -0.2) is 11.0 Å². The van der Waals surface area contributed by atoms with Crippen molar-refractivity contribution < 1.29 is 0 Å². The van der Waals surface area contributed by atoms with Gasteiger partial charge in [0, 0.05) is 29.5 Å². The lowest BCUT2D eigenvalue weighted by Crippen LogP contribution is -2.14. The Kier molecular flexibility index (Phi) is 2.19. The molecule has 1 saturated carbocycles. The molecule has 13 heavy (non-hydrogen) atoms. The second-order valence-electron chi connectivity index (χ2n) is 3.78. The average Bonchev–Trinajstić information content (AvgIpc) is 2.52. The van der Waals surface area contributed by atoms with Gasteiger partial charge in [0.2, 0.25) is 0 Å². The van der Waals surface area contributed by atoms with Gasteiger partial charge in [0.05, 0.1) is 0 Å². The Morgan fingerprint density at radius 2 is 2.23 bits per heavy atom. The first-order valence-electron chi connectivity index (χ1n) is 4.72. The summed E-state index contributed by atoms with van der Waals surface area (Å²) in [6.07, 6.45) is 5.09. The van der Waals surface area contributed by atoms with Crippen molar-refractivity contribution in [3.05, 3.63) is 24.0 Å². The predicted molar refractivity (Wildman–Crippen MR) is 53.2 cm³/mol. The third kappa shape index (κ3) is 1.80. The number of hydrogen-bond donors (Lipinski definition) is 2. The molecule has 1 fully saturated rings. The summed E-state index contributed by atoms with van der Waals surface area (Å²) in [4.78, 5) is 4.32. The molecule has 2 atom stereocenters. The van der Waals surface area contributed by atoms with Crippen LogP contribution < -0.4 is 11.5 Å². The van der Waals surface area contributed by atoms with E-state index in [1.54, 1.807) is 6.20 Å². The standard InChI is InChI=1S/C10H15N3/c11-8-2-1-7(5-8)10-6-9(12)3-4-13-10/h3-4,6-8H,1-2,5,11H2,(H2,12,13). The summed E-state index contributed by atoms with van der Waals surface area (Å²) in [6.45, 7) is 0. The minimum atomic E-state index is 0.355. The third-order valence-corrected chi connectivity index (χ3v) is 2.70. The van der Waals surface area contributed by atoms with Gasteiger partial charge in [0.15, 0.2) is 0 Å². The summed E-state index contributed by atoms with van der Waals surface area (Å²) in [5, 5.41) is 0. The Morgan fingerprint density at radius 3 is 2.85 bits per heavy atom. The summed E-state index contributed by atoms with van der Waals surface area (Å²) in [5.41, 5.74) is 13.4. The van der Waals surface area contributed by atoms with Crippen LogP contribution in [0.15, 0.2) is 18.3 Å². The second-order valence-corrected chi connectivity index (χ2v) is 3.78. The molecular weight excluding hydrogens is 162 g/mol. The number of nitrogens with zero attached hydrogens (tertiary/aromatic N) is 1. The lowest BCUT2D eigenvalue weighted by molar-refractivity contribution is 0.662. The minimum absolute atomic E-state index is 0.355. The first-order chi connectivity index (χ1) is 6.25. The van der Waals surface area contributed by atoms with Crippen LogP contribution in [0.3, 0.4) is 0 Å². The fourth-order valence-corrected chi connectivity index (χ4v) is 1.97. The lowest BCUT2D eigenvalue weighted by atomic mass is 10.0. The van der Waals surface area contributed by atoms with Crippen LogP contribution in [0.1, 0.15) is 30.9 Å². The van der Waals surface area contributed by atoms with Crippen LogP contribution in [0.25, 0.3) is 0 Å². The quantitative estimate of drug-likeness (QED) is 0.678. The number of rotatable bonds is 1. The van der Waals surface area contributed by atoms with E-state index >= 15 is 0 Å². The van der Waals surface area contributed by atoms with Crippen molar-refractivity contribution in [2.75, 3.05) is 5.73 Å². The highest BCUT2D eigenvalue weighted by molar-refractivity contribution is 5.38. The zero-order chi connectivity index (χ0) is 9.26. The number of nitrogens with two attached hydrogens (primary N) is 2. The predicted octanol–water partition coefficient (Wildman–Crippen LogP) is 1.26. The Hall–Kier alpha value is -1.09. The van der Waals surface area contributed by atoms with Gasteiger partial charge in [-0.05, 0) is 31.4 Å². The fourth-order valence-electron chi connectivity index (χ4n) is 1.97. The molecule has 2 unspecified atom stereocenters. The molecule has 0 aliphatic heterocycles. The first-order valence-corrected chi connectivity index (χ1v) is 4.72. The van der Waals surface area contributed by atoms with Gasteiger partial charge >= 0.3 is 0 Å². The minimum Gasteiger partial charge on any atom is -0.399 e. The van der Waals surface area contributed by atoms with Gasteiger partial charge in [-0.3, -0.25) is 4.98 Å². The van der Waals surface area contributed by atoms with Crippen molar-refractivity contribution in [3.63, 3.8) is 0 Å². The highest BCUT2D eigenvalue weighted by atomic mass is 14.7. The Bertz CT molecular complexity index is 298. The monoisotopic (exact) mass is 177 g/mol. The fraction of sp³-hybridized carbons (Fsp3) is 0.500. The van der Waals surface area contributed by atoms with Gasteiger partial charge < -0.3 is 11.5 Å². The zero-order valence-corrected chi connectivity index (χ0v) is 7.61. The van der Waals surface area contributed by atoms with Crippen molar-refractivity contribution in [2.45, 2.75) is 31.2 Å². The van der Waals surface area contributed by atoms with Crippen LogP contribution >= 0.6 is 0 Å². The summed E-state index contributed by atoms with van der Waals surface area (Å²) < 4.78 is 0. The third-order valence-electron chi connectivity index (χ3n) is 2.70. The maximum atomic E-state index is 5.84. The average molecular weight is 177 g/mol. The molecule has 0 saturated heterocycles.